The van der Waals surface area contributed by atoms with Gasteiger partial charge in [-0.25, -0.2) is 4.98 Å². The van der Waals surface area contributed by atoms with Crippen molar-refractivity contribution in [3.05, 3.63) is 53.4 Å². The summed E-state index contributed by atoms with van der Waals surface area (Å²) in [5.74, 6) is 0.514. The Kier molecular flexibility index (Phi) is 4.59. The van der Waals surface area contributed by atoms with Crippen molar-refractivity contribution in [3.63, 3.8) is 0 Å². The van der Waals surface area contributed by atoms with E-state index in [0.29, 0.717) is 22.2 Å². The van der Waals surface area contributed by atoms with Crippen LogP contribution in [-0.4, -0.2) is 16.1 Å². The number of thioether (sulfide) groups is 1. The fourth-order valence-electron chi connectivity index (χ4n) is 2.15. The number of aromatic nitrogens is 1. The molecule has 1 aromatic heterocycles. The van der Waals surface area contributed by atoms with Crippen molar-refractivity contribution >= 4 is 46.1 Å². The molecule has 1 N–H and O–H groups in total. The normalized spacial score (nSPS) is 12.3. The molecule has 0 fully saturated rings. The Labute approximate surface area is 143 Å². The Balaban J connectivity index is 1.70. The van der Waals surface area contributed by atoms with Crippen molar-refractivity contribution in [2.24, 2.45) is 0 Å². The molecule has 118 valence electrons. The second kappa shape index (κ2) is 6.64. The molecule has 6 heteroatoms. The topological polar surface area (TPSA) is 55.1 Å². The molecule has 0 bridgehead atoms. The van der Waals surface area contributed by atoms with Gasteiger partial charge in [0.2, 0.25) is 5.91 Å². The highest BCUT2D eigenvalue weighted by Crippen LogP contribution is 2.30. The third kappa shape index (κ3) is 3.68. The highest BCUT2D eigenvalue weighted by Gasteiger charge is 2.16. The zero-order valence-corrected chi connectivity index (χ0v) is 14.2. The second-order valence-corrected chi connectivity index (χ2v) is 6.88. The van der Waals surface area contributed by atoms with Crippen LogP contribution in [0.5, 0.6) is 0 Å². The number of anilines is 1. The van der Waals surface area contributed by atoms with E-state index in [9.17, 15) is 4.79 Å². The van der Waals surface area contributed by atoms with Crippen LogP contribution in [0.25, 0.3) is 11.1 Å². The van der Waals surface area contributed by atoms with Gasteiger partial charge in [0.1, 0.15) is 5.52 Å². The van der Waals surface area contributed by atoms with Crippen molar-refractivity contribution < 1.29 is 9.21 Å². The lowest BCUT2D eigenvalue weighted by atomic mass is 10.3. The van der Waals surface area contributed by atoms with Gasteiger partial charge in [-0.15, -0.1) is 11.8 Å². The molecule has 1 amide bonds. The van der Waals surface area contributed by atoms with Gasteiger partial charge >= 0.3 is 0 Å². The number of hydrogen-bond donors (Lipinski definition) is 1. The quantitative estimate of drug-likeness (QED) is 0.682. The predicted octanol–water partition coefficient (Wildman–Crippen LogP) is 4.91. The van der Waals surface area contributed by atoms with Gasteiger partial charge in [0.15, 0.2) is 11.5 Å². The average Bonchev–Trinajstić information content (AvgIpc) is 2.88. The van der Waals surface area contributed by atoms with Crippen molar-refractivity contribution in [3.8, 4) is 0 Å². The first-order valence-corrected chi connectivity index (χ1v) is 8.38. The van der Waals surface area contributed by atoms with Gasteiger partial charge in [0.05, 0.1) is 10.3 Å². The molecule has 0 aliphatic carbocycles. The number of hydrogen-bond acceptors (Lipinski definition) is 4. The number of amides is 1. The third-order valence-corrected chi connectivity index (χ3v) is 4.89. The van der Waals surface area contributed by atoms with Gasteiger partial charge in [-0.05, 0) is 37.3 Å². The summed E-state index contributed by atoms with van der Waals surface area (Å²) in [5, 5.41) is 3.27. The molecule has 2 aromatic carbocycles. The molecule has 1 unspecified atom stereocenters. The minimum absolute atomic E-state index is 0.0884. The van der Waals surface area contributed by atoms with E-state index in [2.05, 4.69) is 10.3 Å². The number of benzene rings is 2. The monoisotopic (exact) mass is 346 g/mol. The summed E-state index contributed by atoms with van der Waals surface area (Å²) in [7, 11) is 0. The van der Waals surface area contributed by atoms with E-state index in [4.69, 9.17) is 16.0 Å². The molecule has 0 aliphatic heterocycles. The Morgan fingerprint density at radius 1 is 1.30 bits per heavy atom. The number of halogens is 1. The Hall–Kier alpha value is -1.98. The van der Waals surface area contributed by atoms with Crippen LogP contribution in [0.15, 0.2) is 51.8 Å². The maximum atomic E-state index is 12.4. The molecule has 3 aromatic rings. The zero-order chi connectivity index (χ0) is 16.4. The lowest BCUT2D eigenvalue weighted by Crippen LogP contribution is -2.22. The second-order valence-electron chi connectivity index (χ2n) is 5.10. The van der Waals surface area contributed by atoms with Gasteiger partial charge in [0.25, 0.3) is 0 Å². The molecular formula is C17H15ClN2O2S. The number of nitrogens with one attached hydrogen (secondary N) is 1. The van der Waals surface area contributed by atoms with Gasteiger partial charge in [-0.1, -0.05) is 23.7 Å². The van der Waals surface area contributed by atoms with E-state index in [1.165, 1.54) is 11.8 Å². The maximum Gasteiger partial charge on any atom is 0.237 e. The first-order chi connectivity index (χ1) is 11.0. The van der Waals surface area contributed by atoms with E-state index in [0.717, 1.165) is 10.4 Å². The largest absolute Gasteiger partial charge is 0.441 e. The molecule has 0 saturated heterocycles. The molecular weight excluding hydrogens is 332 g/mol. The molecule has 3 rings (SSSR count). The van der Waals surface area contributed by atoms with Gasteiger partial charge in [0, 0.05) is 17.5 Å². The number of carbonyl (C=O) groups is 1. The molecule has 0 radical (unpaired) electrons. The van der Waals surface area contributed by atoms with Gasteiger partial charge in [-0.3, -0.25) is 4.79 Å². The Bertz CT molecular complexity index is 863. The first-order valence-electron chi connectivity index (χ1n) is 7.12. The molecule has 0 saturated carbocycles. The summed E-state index contributed by atoms with van der Waals surface area (Å²) < 4.78 is 5.42. The van der Waals surface area contributed by atoms with Gasteiger partial charge < -0.3 is 9.73 Å². The molecule has 4 nitrogen and oxygen atoms in total. The average molecular weight is 347 g/mol. The molecule has 0 aliphatic rings. The summed E-state index contributed by atoms with van der Waals surface area (Å²) in [5.41, 5.74) is 2.13. The summed E-state index contributed by atoms with van der Waals surface area (Å²) in [6, 6.07) is 12.9. The van der Waals surface area contributed by atoms with E-state index >= 15 is 0 Å². The summed E-state index contributed by atoms with van der Waals surface area (Å²) in [6.07, 6.45) is 0. The minimum atomic E-state index is -0.273. The number of carbonyl (C=O) groups excluding carboxylic acids is 1. The number of nitrogens with zero attached hydrogens (tertiary/aromatic N) is 1. The summed E-state index contributed by atoms with van der Waals surface area (Å²) in [6.45, 7) is 3.64. The van der Waals surface area contributed by atoms with E-state index in [1.54, 1.807) is 25.1 Å². The number of oxazole rings is 1. The lowest BCUT2D eigenvalue weighted by molar-refractivity contribution is -0.115. The Morgan fingerprint density at radius 2 is 2.09 bits per heavy atom. The summed E-state index contributed by atoms with van der Waals surface area (Å²) >= 11 is 7.56. The number of aryl methyl sites for hydroxylation is 1. The highest BCUT2D eigenvalue weighted by molar-refractivity contribution is 8.00. The van der Waals surface area contributed by atoms with Crippen LogP contribution < -0.4 is 5.32 Å². The van der Waals surface area contributed by atoms with E-state index < -0.39 is 0 Å². The van der Waals surface area contributed by atoms with Crippen molar-refractivity contribution in [1.29, 1.82) is 0 Å². The number of rotatable bonds is 4. The molecule has 0 spiro atoms. The maximum absolute atomic E-state index is 12.4. The van der Waals surface area contributed by atoms with Crippen molar-refractivity contribution in [2.75, 3.05) is 5.32 Å². The predicted molar refractivity (Wildman–Crippen MR) is 94.1 cm³/mol. The van der Waals surface area contributed by atoms with Crippen LogP contribution in [0, 0.1) is 6.92 Å². The standard InChI is InChI=1S/C17H15ClN2O2S/c1-10(23-16-6-4-3-5-13(16)18)17(21)20-12-7-8-15-14(9-12)19-11(2)22-15/h3-10H,1-2H3,(H,20,21). The minimum Gasteiger partial charge on any atom is -0.441 e. The van der Waals surface area contributed by atoms with E-state index in [1.807, 2.05) is 31.2 Å². The van der Waals surface area contributed by atoms with Crippen LogP contribution in [0.1, 0.15) is 12.8 Å². The van der Waals surface area contributed by atoms with Crippen LogP contribution >= 0.6 is 23.4 Å². The molecule has 1 heterocycles. The molecule has 23 heavy (non-hydrogen) atoms. The van der Waals surface area contributed by atoms with Crippen LogP contribution in [0.3, 0.4) is 0 Å². The fraction of sp³-hybridized carbons (Fsp3) is 0.176. The SMILES string of the molecule is Cc1nc2cc(NC(=O)C(C)Sc3ccccc3Cl)ccc2o1. The highest BCUT2D eigenvalue weighted by atomic mass is 35.5. The lowest BCUT2D eigenvalue weighted by Gasteiger charge is -2.12. The smallest absolute Gasteiger partial charge is 0.237 e. The number of fused-ring (bicyclic) bond motifs is 1. The van der Waals surface area contributed by atoms with Crippen molar-refractivity contribution in [2.45, 2.75) is 24.0 Å². The Morgan fingerprint density at radius 3 is 2.87 bits per heavy atom. The fourth-order valence-corrected chi connectivity index (χ4v) is 3.30. The molecule has 1 atom stereocenters. The van der Waals surface area contributed by atoms with Crippen LogP contribution in [0.2, 0.25) is 5.02 Å². The van der Waals surface area contributed by atoms with Gasteiger partial charge in [-0.2, -0.15) is 0 Å². The zero-order valence-electron chi connectivity index (χ0n) is 12.7. The summed E-state index contributed by atoms with van der Waals surface area (Å²) in [4.78, 5) is 17.5. The van der Waals surface area contributed by atoms with E-state index in [-0.39, 0.29) is 11.2 Å². The van der Waals surface area contributed by atoms with Crippen molar-refractivity contribution in [1.82, 2.24) is 4.98 Å². The van der Waals surface area contributed by atoms with Crippen LogP contribution in [0.4, 0.5) is 5.69 Å². The third-order valence-electron chi connectivity index (χ3n) is 3.27. The van der Waals surface area contributed by atoms with Crippen LogP contribution in [-0.2, 0) is 4.79 Å². The first kappa shape index (κ1) is 15.9.